The first-order valence-corrected chi connectivity index (χ1v) is 15.1. The first-order chi connectivity index (χ1) is 20.0. The molecule has 1 aromatic carbocycles. The van der Waals surface area contributed by atoms with Crippen molar-refractivity contribution in [2.24, 2.45) is 0 Å². The zero-order chi connectivity index (χ0) is 31.3. The largest absolute Gasteiger partial charge is 0.489 e. The third kappa shape index (κ3) is 6.55. The molecule has 0 unspecified atom stereocenters. The number of anilines is 2. The fourth-order valence-electron chi connectivity index (χ4n) is 4.96. The first kappa shape index (κ1) is 30.9. The Kier molecular flexibility index (Phi) is 8.07. The predicted molar refractivity (Wildman–Crippen MR) is 148 cm³/mol. The Balaban J connectivity index is 1.25. The quantitative estimate of drug-likeness (QED) is 0.481. The highest BCUT2D eigenvalue weighted by molar-refractivity contribution is 7.89. The number of ether oxygens (including phenoxy) is 3. The minimum atomic E-state index is -4.61. The van der Waals surface area contributed by atoms with Gasteiger partial charge in [-0.05, 0) is 45.0 Å². The van der Waals surface area contributed by atoms with Gasteiger partial charge in [0.2, 0.25) is 10.0 Å². The SMILES string of the molecule is CC(C)(C)OC(=O)NC[C@@H]1OC(=O)N2c3ccc(S(=O)(=O)N4CCN(c5cc(C(F)(F)F)cc(Cl)n5)CC4)cc3OC[C@H]12. The Morgan fingerprint density at radius 1 is 1.14 bits per heavy atom. The minimum Gasteiger partial charge on any atom is -0.489 e. The number of rotatable bonds is 5. The Bertz CT molecular complexity index is 1530. The highest BCUT2D eigenvalue weighted by atomic mass is 35.5. The number of carbonyl (C=O) groups is 2. The molecule has 0 radical (unpaired) electrons. The second-order valence-electron chi connectivity index (χ2n) is 11.1. The molecule has 12 nitrogen and oxygen atoms in total. The summed E-state index contributed by atoms with van der Waals surface area (Å²) in [5.41, 5.74) is -1.33. The average molecular weight is 648 g/mol. The van der Waals surface area contributed by atoms with Crippen molar-refractivity contribution in [2.45, 2.75) is 49.6 Å². The normalized spacial score (nSPS) is 21.0. The van der Waals surface area contributed by atoms with Crippen LogP contribution in [0.4, 0.5) is 34.3 Å². The van der Waals surface area contributed by atoms with Crippen molar-refractivity contribution in [3.63, 3.8) is 0 Å². The standard InChI is InChI=1S/C26H29ClF3N5O7S/c1-25(2,3)42-23(36)31-13-20-18-14-40-19-12-16(4-5-17(19)35(18)24(37)41-20)43(38,39)34-8-6-33(7-9-34)22-11-15(26(28,29)30)10-21(27)32-22/h4-5,10-12,18,20H,6-9,13-14H2,1-3H3,(H,31,36)/t18-,20+/m1/s1. The molecule has 0 bridgehead atoms. The van der Waals surface area contributed by atoms with Gasteiger partial charge in [-0.2, -0.15) is 17.5 Å². The van der Waals surface area contributed by atoms with Crippen LogP contribution in [0.1, 0.15) is 26.3 Å². The molecule has 234 valence electrons. The van der Waals surface area contributed by atoms with Gasteiger partial charge in [0.1, 0.15) is 41.1 Å². The lowest BCUT2D eigenvalue weighted by Crippen LogP contribution is -2.49. The van der Waals surface area contributed by atoms with Crippen molar-refractivity contribution < 1.29 is 45.4 Å². The van der Waals surface area contributed by atoms with Gasteiger partial charge in [-0.25, -0.2) is 23.0 Å². The highest BCUT2D eigenvalue weighted by Gasteiger charge is 2.47. The number of hydrogen-bond acceptors (Lipinski definition) is 9. The van der Waals surface area contributed by atoms with Gasteiger partial charge < -0.3 is 24.4 Å². The van der Waals surface area contributed by atoms with Crippen LogP contribution in [0.2, 0.25) is 5.15 Å². The summed E-state index contributed by atoms with van der Waals surface area (Å²) >= 11 is 5.80. The fourth-order valence-corrected chi connectivity index (χ4v) is 6.60. The van der Waals surface area contributed by atoms with Crippen molar-refractivity contribution in [3.05, 3.63) is 41.0 Å². The zero-order valence-corrected chi connectivity index (χ0v) is 24.9. The van der Waals surface area contributed by atoms with Crippen LogP contribution in [-0.4, -0.2) is 87.0 Å². The molecule has 2 atom stereocenters. The summed E-state index contributed by atoms with van der Waals surface area (Å²) in [7, 11) is -4.02. The van der Waals surface area contributed by atoms with E-state index >= 15 is 0 Å². The van der Waals surface area contributed by atoms with Crippen molar-refractivity contribution in [2.75, 3.05) is 49.1 Å². The lowest BCUT2D eigenvalue weighted by molar-refractivity contribution is -0.137. The topological polar surface area (TPSA) is 131 Å². The molecule has 3 aliphatic heterocycles. The van der Waals surface area contributed by atoms with Crippen LogP contribution in [0.3, 0.4) is 0 Å². The molecule has 0 saturated carbocycles. The molecule has 2 aromatic rings. The summed E-state index contributed by atoms with van der Waals surface area (Å²) in [5, 5.41) is 2.26. The van der Waals surface area contributed by atoms with E-state index in [1.54, 1.807) is 20.8 Å². The number of fused-ring (bicyclic) bond motifs is 3. The van der Waals surface area contributed by atoms with Crippen LogP contribution in [0, 0.1) is 0 Å². The molecule has 0 aliphatic carbocycles. The number of alkyl carbamates (subject to hydrolysis) is 1. The van der Waals surface area contributed by atoms with Gasteiger partial charge >= 0.3 is 18.4 Å². The third-order valence-corrected chi connectivity index (χ3v) is 9.05. The summed E-state index contributed by atoms with van der Waals surface area (Å²) in [4.78, 5) is 31.6. The molecule has 2 fully saturated rings. The van der Waals surface area contributed by atoms with Gasteiger partial charge in [0, 0.05) is 32.2 Å². The smallest absolute Gasteiger partial charge is 0.416 e. The fraction of sp³-hybridized carbons (Fsp3) is 0.500. The minimum absolute atomic E-state index is 0.00528. The van der Waals surface area contributed by atoms with E-state index in [4.69, 9.17) is 25.8 Å². The van der Waals surface area contributed by atoms with E-state index in [1.807, 2.05) is 0 Å². The maximum atomic E-state index is 13.5. The van der Waals surface area contributed by atoms with Crippen LogP contribution in [-0.2, 0) is 25.7 Å². The second kappa shape index (κ2) is 11.2. The molecule has 2 saturated heterocycles. The number of carbonyl (C=O) groups excluding carboxylic acids is 2. The van der Waals surface area contributed by atoms with E-state index in [2.05, 4.69) is 10.3 Å². The molecule has 1 aromatic heterocycles. The Morgan fingerprint density at radius 3 is 2.49 bits per heavy atom. The highest BCUT2D eigenvalue weighted by Crippen LogP contribution is 2.40. The predicted octanol–water partition coefficient (Wildman–Crippen LogP) is 3.88. The summed E-state index contributed by atoms with van der Waals surface area (Å²) < 4.78 is 84.3. The molecule has 17 heteroatoms. The lowest BCUT2D eigenvalue weighted by atomic mass is 10.1. The number of sulfonamides is 1. The maximum absolute atomic E-state index is 13.5. The molecular weight excluding hydrogens is 619 g/mol. The van der Waals surface area contributed by atoms with Crippen LogP contribution < -0.4 is 19.9 Å². The summed E-state index contributed by atoms with van der Waals surface area (Å²) in [5.74, 6) is 0.169. The van der Waals surface area contributed by atoms with E-state index in [0.717, 1.165) is 12.1 Å². The van der Waals surface area contributed by atoms with Gasteiger partial charge in [0.05, 0.1) is 22.7 Å². The molecule has 0 spiro atoms. The van der Waals surface area contributed by atoms with Gasteiger partial charge in [0.25, 0.3) is 0 Å². The van der Waals surface area contributed by atoms with Crippen LogP contribution in [0.25, 0.3) is 0 Å². The molecule has 1 N–H and O–H groups in total. The van der Waals surface area contributed by atoms with Crippen LogP contribution in [0.5, 0.6) is 5.75 Å². The number of benzene rings is 1. The maximum Gasteiger partial charge on any atom is 0.416 e. The van der Waals surface area contributed by atoms with Gasteiger partial charge in [-0.1, -0.05) is 11.6 Å². The second-order valence-corrected chi connectivity index (χ2v) is 13.4. The van der Waals surface area contributed by atoms with Crippen molar-refractivity contribution in [1.29, 1.82) is 0 Å². The Morgan fingerprint density at radius 2 is 1.84 bits per heavy atom. The zero-order valence-electron chi connectivity index (χ0n) is 23.4. The number of alkyl halides is 3. The number of piperazine rings is 1. The number of halogens is 4. The molecule has 4 heterocycles. The summed E-state index contributed by atoms with van der Waals surface area (Å²) in [6, 6.07) is 5.16. The number of pyridine rings is 1. The number of hydrogen-bond donors (Lipinski definition) is 1. The Hall–Kier alpha value is -3.50. The van der Waals surface area contributed by atoms with E-state index in [1.165, 1.54) is 32.3 Å². The van der Waals surface area contributed by atoms with Crippen LogP contribution in [0.15, 0.2) is 35.2 Å². The number of aromatic nitrogens is 1. The van der Waals surface area contributed by atoms with Gasteiger partial charge in [0.15, 0.2) is 0 Å². The number of nitrogens with one attached hydrogen (secondary N) is 1. The number of nitrogens with zero attached hydrogens (tertiary/aromatic N) is 4. The van der Waals surface area contributed by atoms with Crippen molar-refractivity contribution in [1.82, 2.24) is 14.6 Å². The third-order valence-electron chi connectivity index (χ3n) is 6.96. The van der Waals surface area contributed by atoms with Crippen molar-refractivity contribution >= 4 is 45.3 Å². The molecule has 3 aliphatic rings. The molecular formula is C26H29ClF3N5O7S. The lowest BCUT2D eigenvalue weighted by Gasteiger charge is -2.35. The summed E-state index contributed by atoms with van der Waals surface area (Å²) in [6.07, 6.45) is -6.66. The van der Waals surface area contributed by atoms with E-state index < -0.39 is 51.7 Å². The van der Waals surface area contributed by atoms with E-state index in [0.29, 0.717) is 5.69 Å². The monoisotopic (exact) mass is 647 g/mol. The first-order valence-electron chi connectivity index (χ1n) is 13.3. The molecule has 43 heavy (non-hydrogen) atoms. The van der Waals surface area contributed by atoms with Crippen molar-refractivity contribution in [3.8, 4) is 5.75 Å². The molecule has 2 amide bonds. The molecule has 5 rings (SSSR count). The number of amides is 2. The Labute approximate surface area is 250 Å². The van der Waals surface area contributed by atoms with E-state index in [-0.39, 0.29) is 60.9 Å². The average Bonchev–Trinajstić information content (AvgIpc) is 3.25. The summed E-state index contributed by atoms with van der Waals surface area (Å²) in [6.45, 7) is 5.30. The van der Waals surface area contributed by atoms with Gasteiger partial charge in [-0.15, -0.1) is 0 Å². The van der Waals surface area contributed by atoms with Crippen LogP contribution >= 0.6 is 11.6 Å². The van der Waals surface area contributed by atoms with E-state index in [9.17, 15) is 31.2 Å². The number of cyclic esters (lactones) is 1. The van der Waals surface area contributed by atoms with Gasteiger partial charge in [-0.3, -0.25) is 4.90 Å².